The van der Waals surface area contributed by atoms with Crippen LogP contribution in [0, 0.1) is 29.6 Å². The summed E-state index contributed by atoms with van der Waals surface area (Å²) in [7, 11) is 0. The van der Waals surface area contributed by atoms with E-state index in [9.17, 15) is 4.79 Å². The van der Waals surface area contributed by atoms with Gasteiger partial charge in [-0.1, -0.05) is 23.2 Å². The van der Waals surface area contributed by atoms with E-state index in [0.717, 1.165) is 24.2 Å². The van der Waals surface area contributed by atoms with Crippen LogP contribution in [-0.4, -0.2) is 5.91 Å². The molecule has 106 valence electrons. The van der Waals surface area contributed by atoms with Crippen molar-refractivity contribution in [2.24, 2.45) is 29.6 Å². The van der Waals surface area contributed by atoms with Gasteiger partial charge in [-0.2, -0.15) is 0 Å². The van der Waals surface area contributed by atoms with Crippen molar-refractivity contribution in [3.63, 3.8) is 0 Å². The van der Waals surface area contributed by atoms with Gasteiger partial charge in [-0.25, -0.2) is 0 Å². The molecule has 0 heterocycles. The lowest BCUT2D eigenvalue weighted by Gasteiger charge is -2.48. The van der Waals surface area contributed by atoms with Gasteiger partial charge in [-0.05, 0) is 67.6 Å². The Kier molecular flexibility index (Phi) is 3.01. The van der Waals surface area contributed by atoms with Gasteiger partial charge < -0.3 is 5.32 Å². The normalized spacial score (nSPS) is 37.4. The van der Waals surface area contributed by atoms with Gasteiger partial charge in [-0.15, -0.1) is 0 Å². The molecule has 0 unspecified atom stereocenters. The van der Waals surface area contributed by atoms with E-state index in [2.05, 4.69) is 5.32 Å². The molecule has 1 aromatic rings. The molecule has 5 atom stereocenters. The summed E-state index contributed by atoms with van der Waals surface area (Å²) in [6.45, 7) is 0. The van der Waals surface area contributed by atoms with E-state index in [1.165, 1.54) is 19.3 Å². The molecule has 0 aromatic heterocycles. The molecular formula is C16H17Cl2NO. The average molecular weight is 310 g/mol. The zero-order valence-corrected chi connectivity index (χ0v) is 12.6. The summed E-state index contributed by atoms with van der Waals surface area (Å²) in [5, 5.41) is 4.10. The number of anilines is 1. The second-order valence-corrected chi connectivity index (χ2v) is 7.36. The van der Waals surface area contributed by atoms with Crippen molar-refractivity contribution in [2.75, 3.05) is 5.32 Å². The highest BCUT2D eigenvalue weighted by Gasteiger charge is 2.58. The molecule has 1 amide bonds. The van der Waals surface area contributed by atoms with Crippen LogP contribution in [0.25, 0.3) is 0 Å². The molecule has 0 spiro atoms. The SMILES string of the molecule is O=C(Nc1ccc(Cl)cc1Cl)[C@@H]1C[C@H]2[C@H]3CC[C@H]1[C@H]2C3. The summed E-state index contributed by atoms with van der Waals surface area (Å²) in [5.74, 6) is 3.50. The number of rotatable bonds is 2. The molecule has 4 rings (SSSR count). The summed E-state index contributed by atoms with van der Waals surface area (Å²) >= 11 is 12.0. The Bertz CT molecular complexity index is 572. The van der Waals surface area contributed by atoms with Crippen LogP contribution in [0.1, 0.15) is 25.7 Å². The van der Waals surface area contributed by atoms with Crippen LogP contribution >= 0.6 is 23.2 Å². The van der Waals surface area contributed by atoms with Crippen molar-refractivity contribution >= 4 is 34.8 Å². The molecule has 4 bridgehead atoms. The topological polar surface area (TPSA) is 29.1 Å². The van der Waals surface area contributed by atoms with Gasteiger partial charge in [0.15, 0.2) is 0 Å². The van der Waals surface area contributed by atoms with E-state index < -0.39 is 0 Å². The fourth-order valence-corrected chi connectivity index (χ4v) is 5.21. The minimum absolute atomic E-state index is 0.147. The first-order chi connectivity index (χ1) is 9.63. The molecule has 1 N–H and O–H groups in total. The number of carbonyl (C=O) groups excluding carboxylic acids is 1. The number of hydrogen-bond acceptors (Lipinski definition) is 1. The highest BCUT2D eigenvalue weighted by Crippen LogP contribution is 2.63. The van der Waals surface area contributed by atoms with Crippen LogP contribution in [0.3, 0.4) is 0 Å². The lowest BCUT2D eigenvalue weighted by atomic mass is 9.57. The van der Waals surface area contributed by atoms with Crippen LogP contribution < -0.4 is 5.32 Å². The fourth-order valence-electron chi connectivity index (χ4n) is 4.75. The maximum atomic E-state index is 12.6. The summed E-state index contributed by atoms with van der Waals surface area (Å²) in [6, 6.07) is 5.21. The number of amides is 1. The van der Waals surface area contributed by atoms with Gasteiger partial charge in [0, 0.05) is 10.9 Å². The number of hydrogen-bond donors (Lipinski definition) is 1. The molecule has 20 heavy (non-hydrogen) atoms. The summed E-state index contributed by atoms with van der Waals surface area (Å²) in [6.07, 6.45) is 5.01. The molecule has 4 heteroatoms. The van der Waals surface area contributed by atoms with Crippen molar-refractivity contribution in [1.82, 2.24) is 0 Å². The lowest BCUT2D eigenvalue weighted by Crippen LogP contribution is -2.41. The Morgan fingerprint density at radius 1 is 1.10 bits per heavy atom. The lowest BCUT2D eigenvalue weighted by molar-refractivity contribution is -0.121. The zero-order chi connectivity index (χ0) is 13.9. The second-order valence-electron chi connectivity index (χ2n) is 6.52. The molecule has 1 aromatic carbocycles. The minimum atomic E-state index is 0.147. The zero-order valence-electron chi connectivity index (χ0n) is 11.1. The second kappa shape index (κ2) is 4.64. The Hall–Kier alpha value is -0.730. The molecule has 3 fully saturated rings. The predicted molar refractivity (Wildman–Crippen MR) is 81.0 cm³/mol. The number of halogens is 2. The van der Waals surface area contributed by atoms with Crippen LogP contribution in [-0.2, 0) is 4.79 Å². The summed E-state index contributed by atoms with van der Waals surface area (Å²) < 4.78 is 0. The Labute approximate surface area is 128 Å². The van der Waals surface area contributed by atoms with Crippen LogP contribution in [0.4, 0.5) is 5.69 Å². The van der Waals surface area contributed by atoms with Crippen LogP contribution in [0.2, 0.25) is 10.0 Å². The monoisotopic (exact) mass is 309 g/mol. The third kappa shape index (κ3) is 1.88. The largest absolute Gasteiger partial charge is 0.325 e. The van der Waals surface area contributed by atoms with Crippen molar-refractivity contribution in [3.05, 3.63) is 28.2 Å². The highest BCUT2D eigenvalue weighted by atomic mass is 35.5. The van der Waals surface area contributed by atoms with Gasteiger partial charge >= 0.3 is 0 Å². The van der Waals surface area contributed by atoms with Gasteiger partial charge in [0.2, 0.25) is 5.91 Å². The average Bonchev–Trinajstić information content (AvgIpc) is 2.60. The fraction of sp³-hybridized carbons (Fsp3) is 0.562. The van der Waals surface area contributed by atoms with Gasteiger partial charge in [0.25, 0.3) is 0 Å². The third-order valence-corrected chi connectivity index (χ3v) is 6.27. The Balaban J connectivity index is 1.51. The van der Waals surface area contributed by atoms with E-state index in [1.807, 2.05) is 0 Å². The first-order valence-corrected chi connectivity index (χ1v) is 8.15. The summed E-state index contributed by atoms with van der Waals surface area (Å²) in [5.41, 5.74) is 0.676. The van der Waals surface area contributed by atoms with E-state index in [-0.39, 0.29) is 11.8 Å². The molecule has 2 nitrogen and oxygen atoms in total. The number of nitrogens with one attached hydrogen (secondary N) is 1. The van der Waals surface area contributed by atoms with E-state index >= 15 is 0 Å². The van der Waals surface area contributed by atoms with Crippen molar-refractivity contribution < 1.29 is 4.79 Å². The van der Waals surface area contributed by atoms with Crippen LogP contribution in [0.15, 0.2) is 18.2 Å². The smallest absolute Gasteiger partial charge is 0.227 e. The molecule has 0 radical (unpaired) electrons. The first-order valence-electron chi connectivity index (χ1n) is 7.39. The highest BCUT2D eigenvalue weighted by molar-refractivity contribution is 6.36. The molecule has 3 saturated carbocycles. The maximum absolute atomic E-state index is 12.6. The maximum Gasteiger partial charge on any atom is 0.227 e. The van der Waals surface area contributed by atoms with E-state index in [4.69, 9.17) is 23.2 Å². The standard InChI is InChI=1S/C16H17Cl2NO/c17-9-2-4-15(14(18)6-9)19-16(20)13-7-11-8-1-3-10(13)12(11)5-8/h2,4,6,8,10-13H,1,3,5,7H2,(H,19,20)/t8-,10-,11-,12+,13+/m0/s1. The van der Waals surface area contributed by atoms with Gasteiger partial charge in [-0.3, -0.25) is 4.79 Å². The Morgan fingerprint density at radius 2 is 1.95 bits per heavy atom. The first kappa shape index (κ1) is 13.0. The molecule has 0 aliphatic heterocycles. The van der Waals surface area contributed by atoms with Gasteiger partial charge in [0.05, 0.1) is 10.7 Å². The van der Waals surface area contributed by atoms with E-state index in [0.29, 0.717) is 21.7 Å². The minimum Gasteiger partial charge on any atom is -0.325 e. The predicted octanol–water partition coefficient (Wildman–Crippen LogP) is 4.61. The number of benzene rings is 1. The molecule has 0 saturated heterocycles. The quantitative estimate of drug-likeness (QED) is 0.849. The molecular weight excluding hydrogens is 293 g/mol. The van der Waals surface area contributed by atoms with Crippen LogP contribution in [0.5, 0.6) is 0 Å². The molecule has 3 aliphatic rings. The van der Waals surface area contributed by atoms with Crippen molar-refractivity contribution in [3.8, 4) is 0 Å². The number of carbonyl (C=O) groups is 1. The van der Waals surface area contributed by atoms with Crippen molar-refractivity contribution in [2.45, 2.75) is 25.7 Å². The Morgan fingerprint density at radius 3 is 2.65 bits per heavy atom. The molecule has 3 aliphatic carbocycles. The summed E-state index contributed by atoms with van der Waals surface area (Å²) in [4.78, 5) is 12.6. The third-order valence-electron chi connectivity index (χ3n) is 5.72. The van der Waals surface area contributed by atoms with Crippen molar-refractivity contribution in [1.29, 1.82) is 0 Å². The van der Waals surface area contributed by atoms with E-state index in [1.54, 1.807) is 18.2 Å². The van der Waals surface area contributed by atoms with Gasteiger partial charge in [0.1, 0.15) is 0 Å².